The van der Waals surface area contributed by atoms with Gasteiger partial charge < -0.3 is 4.90 Å². The Morgan fingerprint density at radius 3 is 2.82 bits per heavy atom. The molecule has 92 valence electrons. The van der Waals surface area contributed by atoms with Gasteiger partial charge in [-0.3, -0.25) is 0 Å². The van der Waals surface area contributed by atoms with E-state index in [0.29, 0.717) is 5.28 Å². The molecule has 2 atom stereocenters. The Bertz CT molecular complexity index is 396. The minimum absolute atomic E-state index is 0.355. The van der Waals surface area contributed by atoms with E-state index in [1.165, 1.54) is 32.1 Å². The predicted octanol–water partition coefficient (Wildman–Crippen LogP) is 3.15. The van der Waals surface area contributed by atoms with Crippen molar-refractivity contribution in [1.29, 1.82) is 0 Å². The largest absolute Gasteiger partial charge is 0.356 e. The fourth-order valence-corrected chi connectivity index (χ4v) is 3.45. The molecule has 17 heavy (non-hydrogen) atoms. The molecule has 3 nitrogen and oxygen atoms in total. The van der Waals surface area contributed by atoms with Crippen molar-refractivity contribution in [3.63, 3.8) is 0 Å². The summed E-state index contributed by atoms with van der Waals surface area (Å²) in [4.78, 5) is 10.6. The molecule has 0 spiro atoms. The van der Waals surface area contributed by atoms with Crippen molar-refractivity contribution in [1.82, 2.24) is 9.97 Å². The lowest BCUT2D eigenvalue weighted by Gasteiger charge is -2.41. The highest BCUT2D eigenvalue weighted by Crippen LogP contribution is 2.37. The summed E-state index contributed by atoms with van der Waals surface area (Å²) in [6.07, 6.45) is 8.72. The van der Waals surface area contributed by atoms with Gasteiger partial charge in [-0.15, -0.1) is 0 Å². The lowest BCUT2D eigenvalue weighted by atomic mass is 9.75. The highest BCUT2D eigenvalue weighted by molar-refractivity contribution is 6.28. The molecule has 2 aliphatic rings. The van der Waals surface area contributed by atoms with E-state index >= 15 is 0 Å². The first-order valence-corrected chi connectivity index (χ1v) is 6.94. The lowest BCUT2D eigenvalue weighted by molar-refractivity contribution is 0.202. The molecule has 2 unspecified atom stereocenters. The zero-order chi connectivity index (χ0) is 11.7. The van der Waals surface area contributed by atoms with Gasteiger partial charge in [0.25, 0.3) is 0 Å². The van der Waals surface area contributed by atoms with Gasteiger partial charge in [0, 0.05) is 19.3 Å². The van der Waals surface area contributed by atoms with Gasteiger partial charge >= 0.3 is 0 Å². The van der Waals surface area contributed by atoms with Gasteiger partial charge in [-0.05, 0) is 42.3 Å². The first kappa shape index (κ1) is 11.3. The normalized spacial score (nSPS) is 28.9. The molecular formula is C13H18ClN3. The third-order valence-electron chi connectivity index (χ3n) is 4.23. The number of hydrogen-bond donors (Lipinski definition) is 0. The van der Waals surface area contributed by atoms with Crippen LogP contribution in [-0.4, -0.2) is 23.1 Å². The first-order valence-electron chi connectivity index (χ1n) is 6.56. The molecule has 1 saturated carbocycles. The molecule has 0 amide bonds. The van der Waals surface area contributed by atoms with Gasteiger partial charge in [-0.25, -0.2) is 9.97 Å². The molecule has 1 aliphatic heterocycles. The van der Waals surface area contributed by atoms with Crippen LogP contribution in [0.15, 0.2) is 12.3 Å². The molecule has 1 saturated heterocycles. The van der Waals surface area contributed by atoms with Crippen molar-refractivity contribution >= 4 is 17.4 Å². The topological polar surface area (TPSA) is 29.0 Å². The van der Waals surface area contributed by atoms with E-state index in [0.717, 1.165) is 30.7 Å². The number of fused-ring (bicyclic) bond motifs is 1. The monoisotopic (exact) mass is 251 g/mol. The average molecular weight is 252 g/mol. The summed E-state index contributed by atoms with van der Waals surface area (Å²) >= 11 is 5.85. The van der Waals surface area contributed by atoms with E-state index in [1.54, 1.807) is 6.20 Å². The van der Waals surface area contributed by atoms with Crippen molar-refractivity contribution in [3.05, 3.63) is 17.5 Å². The zero-order valence-corrected chi connectivity index (χ0v) is 10.7. The van der Waals surface area contributed by atoms with E-state index < -0.39 is 0 Å². The molecule has 1 aliphatic carbocycles. The molecule has 2 fully saturated rings. The molecule has 0 radical (unpaired) electrons. The Labute approximate surface area is 107 Å². The van der Waals surface area contributed by atoms with Gasteiger partial charge in [0.1, 0.15) is 5.82 Å². The van der Waals surface area contributed by atoms with E-state index in [1.807, 2.05) is 6.07 Å². The van der Waals surface area contributed by atoms with Gasteiger partial charge in [-0.2, -0.15) is 0 Å². The Morgan fingerprint density at radius 1 is 1.18 bits per heavy atom. The summed E-state index contributed by atoms with van der Waals surface area (Å²) in [5.41, 5.74) is 0. The standard InChI is InChI=1S/C13H18ClN3/c14-13-15-7-5-12(16-13)17-8-6-10-3-1-2-4-11(10)9-17/h5,7,10-11H,1-4,6,8-9H2. The summed E-state index contributed by atoms with van der Waals surface area (Å²) in [6, 6.07) is 1.97. The van der Waals surface area contributed by atoms with Crippen LogP contribution in [0.3, 0.4) is 0 Å². The Morgan fingerprint density at radius 2 is 2.00 bits per heavy atom. The number of halogens is 1. The molecule has 1 aromatic heterocycles. The second-order valence-corrected chi connectivity index (χ2v) is 5.56. The van der Waals surface area contributed by atoms with E-state index in [-0.39, 0.29) is 0 Å². The maximum Gasteiger partial charge on any atom is 0.224 e. The summed E-state index contributed by atoms with van der Waals surface area (Å²) in [5, 5.41) is 0.355. The van der Waals surface area contributed by atoms with E-state index in [2.05, 4.69) is 14.9 Å². The number of aromatic nitrogens is 2. The van der Waals surface area contributed by atoms with Crippen LogP contribution in [0.1, 0.15) is 32.1 Å². The summed E-state index contributed by atoms with van der Waals surface area (Å²) in [7, 11) is 0. The van der Waals surface area contributed by atoms with Crippen LogP contribution in [0.2, 0.25) is 5.28 Å². The first-order chi connectivity index (χ1) is 8.33. The maximum atomic E-state index is 5.85. The van der Waals surface area contributed by atoms with Crippen molar-refractivity contribution < 1.29 is 0 Å². The minimum atomic E-state index is 0.355. The third kappa shape index (κ3) is 2.39. The average Bonchev–Trinajstić information content (AvgIpc) is 2.38. The predicted molar refractivity (Wildman–Crippen MR) is 69.3 cm³/mol. The Hall–Kier alpha value is -0.830. The molecule has 3 rings (SSSR count). The molecule has 4 heteroatoms. The van der Waals surface area contributed by atoms with Crippen molar-refractivity contribution in [3.8, 4) is 0 Å². The molecule has 2 heterocycles. The number of nitrogens with zero attached hydrogens (tertiary/aromatic N) is 3. The maximum absolute atomic E-state index is 5.85. The zero-order valence-electron chi connectivity index (χ0n) is 9.98. The number of rotatable bonds is 1. The molecule has 0 aromatic carbocycles. The van der Waals surface area contributed by atoms with Gasteiger partial charge in [-0.1, -0.05) is 19.3 Å². The number of anilines is 1. The molecule has 0 N–H and O–H groups in total. The summed E-state index contributed by atoms with van der Waals surface area (Å²) < 4.78 is 0. The van der Waals surface area contributed by atoms with Gasteiger partial charge in [0.15, 0.2) is 0 Å². The summed E-state index contributed by atoms with van der Waals surface area (Å²) in [5.74, 6) is 2.82. The minimum Gasteiger partial charge on any atom is -0.356 e. The highest BCUT2D eigenvalue weighted by Gasteiger charge is 2.31. The fraction of sp³-hybridized carbons (Fsp3) is 0.692. The van der Waals surface area contributed by atoms with Crippen LogP contribution >= 0.6 is 11.6 Å². The second kappa shape index (κ2) is 4.81. The van der Waals surface area contributed by atoms with Gasteiger partial charge in [0.2, 0.25) is 5.28 Å². The van der Waals surface area contributed by atoms with Crippen molar-refractivity contribution in [2.75, 3.05) is 18.0 Å². The SMILES string of the molecule is Clc1nccc(N2CCC3CCCCC3C2)n1. The van der Waals surface area contributed by atoms with E-state index in [4.69, 9.17) is 11.6 Å². The Balaban J connectivity index is 1.73. The number of hydrogen-bond acceptors (Lipinski definition) is 3. The van der Waals surface area contributed by atoms with Crippen molar-refractivity contribution in [2.45, 2.75) is 32.1 Å². The van der Waals surface area contributed by atoms with Crippen LogP contribution in [0.5, 0.6) is 0 Å². The smallest absolute Gasteiger partial charge is 0.224 e. The third-order valence-corrected chi connectivity index (χ3v) is 4.41. The number of piperidine rings is 1. The van der Waals surface area contributed by atoms with Crippen LogP contribution in [-0.2, 0) is 0 Å². The van der Waals surface area contributed by atoms with Gasteiger partial charge in [0.05, 0.1) is 0 Å². The van der Waals surface area contributed by atoms with E-state index in [9.17, 15) is 0 Å². The molecule has 1 aromatic rings. The van der Waals surface area contributed by atoms with Crippen LogP contribution < -0.4 is 4.90 Å². The summed E-state index contributed by atoms with van der Waals surface area (Å²) in [6.45, 7) is 2.27. The van der Waals surface area contributed by atoms with Crippen molar-refractivity contribution in [2.24, 2.45) is 11.8 Å². The second-order valence-electron chi connectivity index (χ2n) is 5.22. The fourth-order valence-electron chi connectivity index (χ4n) is 3.31. The quantitative estimate of drug-likeness (QED) is 0.718. The van der Waals surface area contributed by atoms with Crippen LogP contribution in [0.4, 0.5) is 5.82 Å². The molecule has 0 bridgehead atoms. The molecular weight excluding hydrogens is 234 g/mol. The van der Waals surface area contributed by atoms with Crippen LogP contribution in [0, 0.1) is 11.8 Å². The highest BCUT2D eigenvalue weighted by atomic mass is 35.5. The Kier molecular flexibility index (Phi) is 3.19. The lowest BCUT2D eigenvalue weighted by Crippen LogP contribution is -2.42. The van der Waals surface area contributed by atoms with Crippen LogP contribution in [0.25, 0.3) is 0 Å².